The highest BCUT2D eigenvalue weighted by Gasteiger charge is 2.20. The van der Waals surface area contributed by atoms with Gasteiger partial charge in [-0.1, -0.05) is 19.8 Å². The highest BCUT2D eigenvalue weighted by atomic mass is 16.5. The van der Waals surface area contributed by atoms with Crippen molar-refractivity contribution in [2.24, 2.45) is 5.92 Å². The third-order valence-corrected chi connectivity index (χ3v) is 3.31. The molecule has 1 saturated carbocycles. The van der Waals surface area contributed by atoms with Crippen LogP contribution in [0.4, 0.5) is 0 Å². The summed E-state index contributed by atoms with van der Waals surface area (Å²) in [6, 6.07) is 0.525. The third kappa shape index (κ3) is 4.65. The number of carbonyl (C=O) groups excluding carboxylic acids is 1. The van der Waals surface area contributed by atoms with E-state index in [-0.39, 0.29) is 5.97 Å². The number of hydrogen-bond donors (Lipinski definition) is 1. The topological polar surface area (TPSA) is 38.3 Å². The van der Waals surface area contributed by atoms with Crippen LogP contribution >= 0.6 is 0 Å². The lowest BCUT2D eigenvalue weighted by molar-refractivity contribution is -0.139. The lowest BCUT2D eigenvalue weighted by atomic mass is 9.83. The van der Waals surface area contributed by atoms with E-state index in [2.05, 4.69) is 17.0 Å². The molecule has 0 atom stereocenters. The molecule has 0 saturated heterocycles. The summed E-state index contributed by atoms with van der Waals surface area (Å²) in [6.45, 7) is 2.61. The zero-order valence-electron chi connectivity index (χ0n) is 9.92. The molecule has 88 valence electrons. The number of hydrogen-bond acceptors (Lipinski definition) is 3. The second-order valence-electron chi connectivity index (χ2n) is 4.46. The van der Waals surface area contributed by atoms with E-state index >= 15 is 0 Å². The van der Waals surface area contributed by atoms with E-state index in [4.69, 9.17) is 0 Å². The highest BCUT2D eigenvalue weighted by Crippen LogP contribution is 2.27. The van der Waals surface area contributed by atoms with Gasteiger partial charge in [-0.25, -0.2) is 0 Å². The van der Waals surface area contributed by atoms with Crippen molar-refractivity contribution in [2.45, 2.75) is 51.5 Å². The van der Waals surface area contributed by atoms with Gasteiger partial charge in [-0.2, -0.15) is 0 Å². The fraction of sp³-hybridized carbons (Fsp3) is 0.917. The first-order valence-electron chi connectivity index (χ1n) is 6.06. The standard InChI is InChI=1S/C12H23NO2/c1-3-4-10-5-7-11(8-6-10)13-9-12(14)15-2/h10-11,13H,3-9H2,1-2H3. The van der Waals surface area contributed by atoms with Gasteiger partial charge in [0.25, 0.3) is 0 Å². The molecule has 1 rings (SSSR count). The minimum absolute atomic E-state index is 0.161. The zero-order chi connectivity index (χ0) is 11.1. The van der Waals surface area contributed by atoms with Crippen molar-refractivity contribution in [1.82, 2.24) is 5.32 Å². The Morgan fingerprint density at radius 2 is 2.00 bits per heavy atom. The summed E-state index contributed by atoms with van der Waals surface area (Å²) in [7, 11) is 1.43. The summed E-state index contributed by atoms with van der Waals surface area (Å²) >= 11 is 0. The van der Waals surface area contributed by atoms with Crippen LogP contribution < -0.4 is 5.32 Å². The molecule has 0 aliphatic heterocycles. The van der Waals surface area contributed by atoms with Crippen molar-refractivity contribution in [3.8, 4) is 0 Å². The molecule has 0 radical (unpaired) electrons. The van der Waals surface area contributed by atoms with Crippen molar-refractivity contribution >= 4 is 5.97 Å². The quantitative estimate of drug-likeness (QED) is 0.711. The molecule has 1 N–H and O–H groups in total. The van der Waals surface area contributed by atoms with E-state index < -0.39 is 0 Å². The van der Waals surface area contributed by atoms with E-state index in [9.17, 15) is 4.79 Å². The Hall–Kier alpha value is -0.570. The van der Waals surface area contributed by atoms with E-state index in [0.29, 0.717) is 12.6 Å². The molecule has 1 aliphatic rings. The van der Waals surface area contributed by atoms with Gasteiger partial charge < -0.3 is 10.1 Å². The number of esters is 1. The highest BCUT2D eigenvalue weighted by molar-refractivity contribution is 5.71. The summed E-state index contributed by atoms with van der Waals surface area (Å²) in [4.78, 5) is 10.9. The Bertz CT molecular complexity index is 186. The molecule has 0 aromatic carbocycles. The van der Waals surface area contributed by atoms with Gasteiger partial charge in [0.1, 0.15) is 0 Å². The molecule has 0 bridgehead atoms. The Morgan fingerprint density at radius 1 is 1.33 bits per heavy atom. The number of methoxy groups -OCH3 is 1. The monoisotopic (exact) mass is 213 g/mol. The van der Waals surface area contributed by atoms with E-state index in [1.807, 2.05) is 0 Å². The fourth-order valence-electron chi connectivity index (χ4n) is 2.36. The molecular weight excluding hydrogens is 190 g/mol. The fourth-order valence-corrected chi connectivity index (χ4v) is 2.36. The van der Waals surface area contributed by atoms with Gasteiger partial charge in [0.15, 0.2) is 0 Å². The van der Waals surface area contributed by atoms with Crippen molar-refractivity contribution < 1.29 is 9.53 Å². The maximum Gasteiger partial charge on any atom is 0.319 e. The van der Waals surface area contributed by atoms with E-state index in [0.717, 1.165) is 5.92 Å². The molecule has 3 heteroatoms. The molecule has 0 aromatic heterocycles. The van der Waals surface area contributed by atoms with Gasteiger partial charge in [-0.05, 0) is 31.6 Å². The van der Waals surface area contributed by atoms with Crippen LogP contribution in [-0.2, 0) is 9.53 Å². The van der Waals surface area contributed by atoms with Gasteiger partial charge in [0.05, 0.1) is 13.7 Å². The molecule has 3 nitrogen and oxygen atoms in total. The maximum absolute atomic E-state index is 10.9. The Kier molecular flexibility index (Phi) is 5.69. The molecule has 0 amide bonds. The first kappa shape index (κ1) is 12.5. The predicted molar refractivity (Wildman–Crippen MR) is 60.7 cm³/mol. The summed E-state index contributed by atoms with van der Waals surface area (Å²) < 4.78 is 4.60. The van der Waals surface area contributed by atoms with Crippen LogP contribution in [0.15, 0.2) is 0 Å². The third-order valence-electron chi connectivity index (χ3n) is 3.31. The number of nitrogens with one attached hydrogen (secondary N) is 1. The second kappa shape index (κ2) is 6.83. The van der Waals surface area contributed by atoms with Gasteiger partial charge >= 0.3 is 5.97 Å². The van der Waals surface area contributed by atoms with Crippen molar-refractivity contribution in [3.05, 3.63) is 0 Å². The first-order chi connectivity index (χ1) is 7.26. The van der Waals surface area contributed by atoms with Gasteiger partial charge in [-0.3, -0.25) is 4.79 Å². The van der Waals surface area contributed by atoms with Crippen LogP contribution in [0.1, 0.15) is 45.4 Å². The number of ether oxygens (including phenoxy) is 1. The van der Waals surface area contributed by atoms with Crippen molar-refractivity contribution in [3.63, 3.8) is 0 Å². The zero-order valence-corrected chi connectivity index (χ0v) is 9.92. The average Bonchev–Trinajstić information content (AvgIpc) is 2.28. The molecule has 0 aromatic rings. The largest absolute Gasteiger partial charge is 0.468 e. The van der Waals surface area contributed by atoms with Gasteiger partial charge in [0.2, 0.25) is 0 Å². The Labute approximate surface area is 92.6 Å². The van der Waals surface area contributed by atoms with Crippen molar-refractivity contribution in [2.75, 3.05) is 13.7 Å². The molecule has 1 aliphatic carbocycles. The second-order valence-corrected chi connectivity index (χ2v) is 4.46. The molecule has 0 heterocycles. The van der Waals surface area contributed by atoms with Crippen LogP contribution in [0, 0.1) is 5.92 Å². The average molecular weight is 213 g/mol. The van der Waals surface area contributed by atoms with Crippen LogP contribution in [-0.4, -0.2) is 25.7 Å². The number of carbonyl (C=O) groups is 1. The molecular formula is C12H23NO2. The first-order valence-corrected chi connectivity index (χ1v) is 6.06. The minimum Gasteiger partial charge on any atom is -0.468 e. The summed E-state index contributed by atoms with van der Waals surface area (Å²) in [5, 5.41) is 3.26. The number of rotatable bonds is 5. The van der Waals surface area contributed by atoms with Crippen LogP contribution in [0.2, 0.25) is 0 Å². The smallest absolute Gasteiger partial charge is 0.319 e. The predicted octanol–water partition coefficient (Wildman–Crippen LogP) is 2.11. The lowest BCUT2D eigenvalue weighted by Gasteiger charge is -2.28. The summed E-state index contributed by atoms with van der Waals surface area (Å²) in [5.41, 5.74) is 0. The molecule has 0 spiro atoms. The van der Waals surface area contributed by atoms with Gasteiger partial charge in [-0.15, -0.1) is 0 Å². The summed E-state index contributed by atoms with van der Waals surface area (Å²) in [5.74, 6) is 0.761. The van der Waals surface area contributed by atoms with Gasteiger partial charge in [0, 0.05) is 6.04 Å². The lowest BCUT2D eigenvalue weighted by Crippen LogP contribution is -2.36. The van der Waals surface area contributed by atoms with Crippen LogP contribution in [0.3, 0.4) is 0 Å². The van der Waals surface area contributed by atoms with Crippen LogP contribution in [0.5, 0.6) is 0 Å². The Morgan fingerprint density at radius 3 is 2.53 bits per heavy atom. The van der Waals surface area contributed by atoms with E-state index in [1.165, 1.54) is 45.6 Å². The van der Waals surface area contributed by atoms with E-state index in [1.54, 1.807) is 0 Å². The maximum atomic E-state index is 10.9. The normalized spacial score (nSPS) is 26.3. The minimum atomic E-state index is -0.161. The van der Waals surface area contributed by atoms with Crippen molar-refractivity contribution in [1.29, 1.82) is 0 Å². The molecule has 15 heavy (non-hydrogen) atoms. The van der Waals surface area contributed by atoms with Crippen LogP contribution in [0.25, 0.3) is 0 Å². The molecule has 0 unspecified atom stereocenters. The summed E-state index contributed by atoms with van der Waals surface area (Å²) in [6.07, 6.45) is 7.71. The Balaban J connectivity index is 2.12. The molecule has 1 fully saturated rings. The SMILES string of the molecule is CCCC1CCC(NCC(=O)OC)CC1.